The second-order valence-corrected chi connectivity index (χ2v) is 4.21. The highest BCUT2D eigenvalue weighted by Crippen LogP contribution is 2.14. The van der Waals surface area contributed by atoms with Gasteiger partial charge in [-0.05, 0) is 32.7 Å². The van der Waals surface area contributed by atoms with Crippen molar-refractivity contribution in [2.75, 3.05) is 13.1 Å². The molecule has 0 saturated carbocycles. The van der Waals surface area contributed by atoms with E-state index in [2.05, 4.69) is 17.6 Å². The number of piperidine rings is 1. The van der Waals surface area contributed by atoms with E-state index in [9.17, 15) is 4.79 Å². The van der Waals surface area contributed by atoms with E-state index in [0.717, 1.165) is 19.5 Å². The van der Waals surface area contributed by atoms with E-state index < -0.39 is 0 Å². The molecule has 0 spiro atoms. The van der Waals surface area contributed by atoms with E-state index in [0.29, 0.717) is 5.92 Å². The van der Waals surface area contributed by atoms with Gasteiger partial charge in [0.15, 0.2) is 0 Å². The standard InChI is InChI=1S/C10H20N2O2/c1-7(2)12-10(13)14-9-6-11-5-4-8(9)3/h7-9,11H,4-6H2,1-3H3,(H,12,13). The van der Waals surface area contributed by atoms with Crippen LogP contribution in [0.5, 0.6) is 0 Å². The van der Waals surface area contributed by atoms with Crippen LogP contribution in [0, 0.1) is 5.92 Å². The predicted molar refractivity (Wildman–Crippen MR) is 55.2 cm³/mol. The first-order valence-corrected chi connectivity index (χ1v) is 5.27. The van der Waals surface area contributed by atoms with Crippen molar-refractivity contribution < 1.29 is 9.53 Å². The van der Waals surface area contributed by atoms with E-state index in [1.165, 1.54) is 0 Å². The number of ether oxygens (including phenoxy) is 1. The smallest absolute Gasteiger partial charge is 0.407 e. The molecule has 2 unspecified atom stereocenters. The molecule has 0 aromatic rings. The summed E-state index contributed by atoms with van der Waals surface area (Å²) in [7, 11) is 0. The number of amides is 1. The monoisotopic (exact) mass is 200 g/mol. The Balaban J connectivity index is 2.31. The Labute approximate surface area is 85.4 Å². The summed E-state index contributed by atoms with van der Waals surface area (Å²) < 4.78 is 5.30. The summed E-state index contributed by atoms with van der Waals surface area (Å²) in [6, 6.07) is 0.134. The lowest BCUT2D eigenvalue weighted by Crippen LogP contribution is -2.44. The number of alkyl carbamates (subject to hydrolysis) is 1. The summed E-state index contributed by atoms with van der Waals surface area (Å²) in [6.45, 7) is 7.75. The van der Waals surface area contributed by atoms with Crippen LogP contribution in [0.1, 0.15) is 27.2 Å². The molecule has 4 nitrogen and oxygen atoms in total. The molecular weight excluding hydrogens is 180 g/mol. The number of rotatable bonds is 2. The van der Waals surface area contributed by atoms with Gasteiger partial charge >= 0.3 is 6.09 Å². The van der Waals surface area contributed by atoms with E-state index in [1.807, 2.05) is 13.8 Å². The summed E-state index contributed by atoms with van der Waals surface area (Å²) in [5.41, 5.74) is 0. The van der Waals surface area contributed by atoms with Crippen molar-refractivity contribution in [3.63, 3.8) is 0 Å². The number of nitrogens with one attached hydrogen (secondary N) is 2. The minimum Gasteiger partial charge on any atom is -0.445 e. The average molecular weight is 200 g/mol. The zero-order valence-electron chi connectivity index (χ0n) is 9.17. The van der Waals surface area contributed by atoms with Gasteiger partial charge in [0.05, 0.1) is 0 Å². The molecule has 14 heavy (non-hydrogen) atoms. The molecule has 1 fully saturated rings. The summed E-state index contributed by atoms with van der Waals surface area (Å²) in [6.07, 6.45) is 0.780. The highest BCUT2D eigenvalue weighted by Gasteiger charge is 2.24. The fraction of sp³-hybridized carbons (Fsp3) is 0.900. The van der Waals surface area contributed by atoms with E-state index in [1.54, 1.807) is 0 Å². The van der Waals surface area contributed by atoms with Crippen molar-refractivity contribution >= 4 is 6.09 Å². The molecule has 2 atom stereocenters. The zero-order valence-corrected chi connectivity index (χ0v) is 9.17. The molecule has 1 heterocycles. The third-order valence-corrected chi connectivity index (χ3v) is 2.42. The molecule has 0 aromatic carbocycles. The van der Waals surface area contributed by atoms with Crippen molar-refractivity contribution in [3.8, 4) is 0 Å². The van der Waals surface area contributed by atoms with Crippen molar-refractivity contribution in [2.45, 2.75) is 39.3 Å². The Morgan fingerprint density at radius 2 is 2.29 bits per heavy atom. The summed E-state index contributed by atoms with van der Waals surface area (Å²) in [5, 5.41) is 5.94. The van der Waals surface area contributed by atoms with E-state index in [-0.39, 0.29) is 18.2 Å². The maximum absolute atomic E-state index is 11.3. The van der Waals surface area contributed by atoms with E-state index in [4.69, 9.17) is 4.74 Å². The Hall–Kier alpha value is -0.770. The maximum Gasteiger partial charge on any atom is 0.407 e. The highest BCUT2D eigenvalue weighted by molar-refractivity contribution is 5.67. The van der Waals surface area contributed by atoms with Gasteiger partial charge in [-0.1, -0.05) is 6.92 Å². The fourth-order valence-corrected chi connectivity index (χ4v) is 1.53. The lowest BCUT2D eigenvalue weighted by molar-refractivity contribution is 0.0507. The van der Waals surface area contributed by atoms with Crippen LogP contribution in [0.3, 0.4) is 0 Å². The van der Waals surface area contributed by atoms with Gasteiger partial charge in [-0.15, -0.1) is 0 Å². The van der Waals surface area contributed by atoms with E-state index >= 15 is 0 Å². The molecule has 1 amide bonds. The first-order chi connectivity index (χ1) is 6.59. The third-order valence-electron chi connectivity index (χ3n) is 2.42. The number of hydrogen-bond donors (Lipinski definition) is 2. The Bertz CT molecular complexity index is 195. The third kappa shape index (κ3) is 3.54. The van der Waals surface area contributed by atoms with Crippen LogP contribution >= 0.6 is 0 Å². The molecule has 1 aliphatic heterocycles. The van der Waals surface area contributed by atoms with Crippen molar-refractivity contribution in [3.05, 3.63) is 0 Å². The van der Waals surface area contributed by atoms with Gasteiger partial charge in [0, 0.05) is 12.6 Å². The van der Waals surface area contributed by atoms with Gasteiger partial charge < -0.3 is 15.4 Å². The minimum absolute atomic E-state index is 0.0162. The molecule has 0 aromatic heterocycles. The molecule has 2 N–H and O–H groups in total. The molecule has 0 aliphatic carbocycles. The Kier molecular flexibility index (Phi) is 4.20. The lowest BCUT2D eigenvalue weighted by Gasteiger charge is -2.29. The van der Waals surface area contributed by atoms with Gasteiger partial charge in [-0.2, -0.15) is 0 Å². The van der Waals surface area contributed by atoms with Gasteiger partial charge in [0.25, 0.3) is 0 Å². The van der Waals surface area contributed by atoms with Crippen molar-refractivity contribution in [1.29, 1.82) is 0 Å². The highest BCUT2D eigenvalue weighted by atomic mass is 16.6. The molecule has 1 rings (SSSR count). The van der Waals surface area contributed by atoms with Crippen LogP contribution in [-0.4, -0.2) is 31.3 Å². The van der Waals surface area contributed by atoms with Crippen LogP contribution in [0.2, 0.25) is 0 Å². The molecule has 0 radical (unpaired) electrons. The van der Waals surface area contributed by atoms with Crippen LogP contribution in [0.15, 0.2) is 0 Å². The largest absolute Gasteiger partial charge is 0.445 e. The number of hydrogen-bond acceptors (Lipinski definition) is 3. The average Bonchev–Trinajstić information content (AvgIpc) is 2.07. The first-order valence-electron chi connectivity index (χ1n) is 5.27. The molecule has 82 valence electrons. The fourth-order valence-electron chi connectivity index (χ4n) is 1.53. The normalized spacial score (nSPS) is 27.4. The Morgan fingerprint density at radius 3 is 2.86 bits per heavy atom. The number of carbonyl (C=O) groups excluding carboxylic acids is 1. The number of carbonyl (C=O) groups is 1. The molecule has 4 heteroatoms. The first kappa shape index (κ1) is 11.3. The van der Waals surface area contributed by atoms with Gasteiger partial charge in [0.2, 0.25) is 0 Å². The van der Waals surface area contributed by atoms with Crippen molar-refractivity contribution in [1.82, 2.24) is 10.6 Å². The van der Waals surface area contributed by atoms with Crippen LogP contribution < -0.4 is 10.6 Å². The maximum atomic E-state index is 11.3. The lowest BCUT2D eigenvalue weighted by atomic mass is 9.97. The van der Waals surface area contributed by atoms with Crippen LogP contribution in [0.4, 0.5) is 4.79 Å². The zero-order chi connectivity index (χ0) is 10.6. The van der Waals surface area contributed by atoms with Crippen LogP contribution in [-0.2, 0) is 4.74 Å². The van der Waals surface area contributed by atoms with Crippen LogP contribution in [0.25, 0.3) is 0 Å². The second kappa shape index (κ2) is 5.20. The quantitative estimate of drug-likeness (QED) is 0.702. The minimum atomic E-state index is -0.305. The van der Waals surface area contributed by atoms with Gasteiger partial charge in [-0.25, -0.2) is 4.79 Å². The summed E-state index contributed by atoms with van der Waals surface area (Å²) in [5.74, 6) is 0.453. The molecule has 1 aliphatic rings. The summed E-state index contributed by atoms with van der Waals surface area (Å²) >= 11 is 0. The van der Waals surface area contributed by atoms with Crippen molar-refractivity contribution in [2.24, 2.45) is 5.92 Å². The molecular formula is C10H20N2O2. The SMILES string of the molecule is CC(C)NC(=O)OC1CNCCC1C. The van der Waals surface area contributed by atoms with Gasteiger partial charge in [0.1, 0.15) is 6.10 Å². The second-order valence-electron chi connectivity index (χ2n) is 4.21. The Morgan fingerprint density at radius 1 is 1.57 bits per heavy atom. The topological polar surface area (TPSA) is 50.4 Å². The summed E-state index contributed by atoms with van der Waals surface area (Å²) in [4.78, 5) is 11.3. The van der Waals surface area contributed by atoms with Gasteiger partial charge in [-0.3, -0.25) is 0 Å². The molecule has 1 saturated heterocycles. The molecule has 0 bridgehead atoms. The predicted octanol–water partition coefficient (Wildman–Crippen LogP) is 1.12.